The fourth-order valence-corrected chi connectivity index (χ4v) is 4.59. The number of rotatable bonds is 6. The zero-order chi connectivity index (χ0) is 13.7. The molecule has 0 saturated heterocycles. The van der Waals surface area contributed by atoms with Crippen molar-refractivity contribution in [3.63, 3.8) is 0 Å². The second kappa shape index (κ2) is 7.08. The van der Waals surface area contributed by atoms with Gasteiger partial charge in [-0.1, -0.05) is 51.9 Å². The van der Waals surface area contributed by atoms with Crippen LogP contribution >= 0.6 is 0 Å². The molecule has 0 aromatic rings. The first-order chi connectivity index (χ1) is 9.19. The van der Waals surface area contributed by atoms with Crippen molar-refractivity contribution < 1.29 is 0 Å². The highest BCUT2D eigenvalue weighted by atomic mass is 15.2. The Bertz CT molecular complexity index is 250. The predicted octanol–water partition coefficient (Wildman–Crippen LogP) is 3.81. The summed E-state index contributed by atoms with van der Waals surface area (Å²) in [6, 6.07) is 0.705. The lowest BCUT2D eigenvalue weighted by atomic mass is 9.72. The first kappa shape index (κ1) is 15.3. The number of nitrogens with zero attached hydrogens (tertiary/aromatic N) is 1. The van der Waals surface area contributed by atoms with Gasteiger partial charge in [-0.2, -0.15) is 0 Å². The molecule has 0 amide bonds. The second-order valence-electron chi connectivity index (χ2n) is 7.06. The molecule has 0 aromatic carbocycles. The van der Waals surface area contributed by atoms with Gasteiger partial charge in [0, 0.05) is 11.6 Å². The molecule has 2 fully saturated rings. The van der Waals surface area contributed by atoms with Gasteiger partial charge in [0.2, 0.25) is 0 Å². The smallest absolute Gasteiger partial charge is 0.0356 e. The predicted molar refractivity (Wildman–Crippen MR) is 83.5 cm³/mol. The Morgan fingerprint density at radius 2 is 1.68 bits per heavy atom. The molecule has 0 heterocycles. The van der Waals surface area contributed by atoms with Crippen LogP contribution in [0.25, 0.3) is 0 Å². The first-order valence-electron chi connectivity index (χ1n) is 8.60. The Kier molecular flexibility index (Phi) is 5.70. The van der Waals surface area contributed by atoms with E-state index in [2.05, 4.69) is 31.2 Å². The SMILES string of the molecule is CCNC(CC1CCCC1)C1(N(C)C)CCCCC1. The van der Waals surface area contributed by atoms with Gasteiger partial charge < -0.3 is 10.2 Å². The van der Waals surface area contributed by atoms with Crippen molar-refractivity contribution in [3.05, 3.63) is 0 Å². The lowest BCUT2D eigenvalue weighted by Gasteiger charge is -2.49. The fourth-order valence-electron chi connectivity index (χ4n) is 4.59. The Hall–Kier alpha value is -0.0800. The highest BCUT2D eigenvalue weighted by Gasteiger charge is 2.42. The third kappa shape index (κ3) is 3.52. The molecule has 1 unspecified atom stereocenters. The summed E-state index contributed by atoms with van der Waals surface area (Å²) in [5.74, 6) is 0.989. The summed E-state index contributed by atoms with van der Waals surface area (Å²) in [4.78, 5) is 2.55. The summed E-state index contributed by atoms with van der Waals surface area (Å²) < 4.78 is 0. The van der Waals surface area contributed by atoms with Gasteiger partial charge >= 0.3 is 0 Å². The van der Waals surface area contributed by atoms with E-state index in [4.69, 9.17) is 0 Å². The summed E-state index contributed by atoms with van der Waals surface area (Å²) in [7, 11) is 4.62. The van der Waals surface area contributed by atoms with Crippen LogP contribution in [0.3, 0.4) is 0 Å². The summed E-state index contributed by atoms with van der Waals surface area (Å²) in [6.07, 6.45) is 14.4. The van der Waals surface area contributed by atoms with Gasteiger partial charge in [0.05, 0.1) is 0 Å². The number of hydrogen-bond donors (Lipinski definition) is 1. The van der Waals surface area contributed by atoms with E-state index in [9.17, 15) is 0 Å². The molecule has 2 aliphatic carbocycles. The van der Waals surface area contributed by atoms with Crippen LogP contribution in [0, 0.1) is 5.92 Å². The van der Waals surface area contributed by atoms with Crippen LogP contribution in [0.5, 0.6) is 0 Å². The van der Waals surface area contributed by atoms with Crippen LogP contribution in [0.4, 0.5) is 0 Å². The zero-order valence-electron chi connectivity index (χ0n) is 13.4. The molecule has 2 heteroatoms. The van der Waals surface area contributed by atoms with Gasteiger partial charge in [-0.05, 0) is 45.8 Å². The lowest BCUT2D eigenvalue weighted by molar-refractivity contribution is 0.0476. The van der Waals surface area contributed by atoms with E-state index >= 15 is 0 Å². The maximum atomic E-state index is 3.86. The van der Waals surface area contributed by atoms with Gasteiger partial charge in [0.25, 0.3) is 0 Å². The third-order valence-corrected chi connectivity index (χ3v) is 5.75. The summed E-state index contributed by atoms with van der Waals surface area (Å²) in [6.45, 7) is 3.39. The Labute approximate surface area is 120 Å². The molecule has 0 bridgehead atoms. The Morgan fingerprint density at radius 1 is 1.05 bits per heavy atom. The Morgan fingerprint density at radius 3 is 2.21 bits per heavy atom. The van der Waals surface area contributed by atoms with Crippen molar-refractivity contribution in [2.75, 3.05) is 20.6 Å². The van der Waals surface area contributed by atoms with Crippen molar-refractivity contribution in [1.29, 1.82) is 0 Å². The van der Waals surface area contributed by atoms with Crippen molar-refractivity contribution in [2.24, 2.45) is 5.92 Å². The van der Waals surface area contributed by atoms with Gasteiger partial charge in [0.15, 0.2) is 0 Å². The average Bonchev–Trinajstić information content (AvgIpc) is 2.92. The van der Waals surface area contributed by atoms with Crippen LogP contribution in [0.15, 0.2) is 0 Å². The highest BCUT2D eigenvalue weighted by Crippen LogP contribution is 2.39. The van der Waals surface area contributed by atoms with Crippen molar-refractivity contribution in [2.45, 2.75) is 82.7 Å². The maximum Gasteiger partial charge on any atom is 0.0356 e. The van der Waals surface area contributed by atoms with E-state index in [-0.39, 0.29) is 0 Å². The van der Waals surface area contributed by atoms with E-state index in [1.807, 2.05) is 0 Å². The first-order valence-corrected chi connectivity index (χ1v) is 8.60. The van der Waals surface area contributed by atoms with Crippen LogP contribution in [0.1, 0.15) is 71.1 Å². The van der Waals surface area contributed by atoms with Gasteiger partial charge in [0.1, 0.15) is 0 Å². The Balaban J connectivity index is 2.08. The van der Waals surface area contributed by atoms with Crippen LogP contribution < -0.4 is 5.32 Å². The van der Waals surface area contributed by atoms with Crippen LogP contribution in [0.2, 0.25) is 0 Å². The average molecular weight is 266 g/mol. The van der Waals surface area contributed by atoms with Crippen LogP contribution in [-0.4, -0.2) is 37.1 Å². The molecule has 2 rings (SSSR count). The third-order valence-electron chi connectivity index (χ3n) is 5.75. The molecule has 0 aromatic heterocycles. The monoisotopic (exact) mass is 266 g/mol. The quantitative estimate of drug-likeness (QED) is 0.786. The molecular weight excluding hydrogens is 232 g/mol. The normalized spacial score (nSPS) is 25.9. The standard InChI is InChI=1S/C17H34N2/c1-4-18-16(14-15-10-6-7-11-15)17(19(2)3)12-8-5-9-13-17/h15-16,18H,4-14H2,1-3H3. The minimum Gasteiger partial charge on any atom is -0.312 e. The minimum absolute atomic E-state index is 0.427. The molecule has 0 spiro atoms. The summed E-state index contributed by atoms with van der Waals surface area (Å²) in [5, 5.41) is 3.86. The van der Waals surface area contributed by atoms with Gasteiger partial charge in [-0.15, -0.1) is 0 Å². The molecule has 112 valence electrons. The van der Waals surface area contributed by atoms with E-state index in [0.29, 0.717) is 11.6 Å². The molecule has 2 aliphatic rings. The van der Waals surface area contributed by atoms with E-state index in [0.717, 1.165) is 12.5 Å². The largest absolute Gasteiger partial charge is 0.312 e. The number of hydrogen-bond acceptors (Lipinski definition) is 2. The zero-order valence-corrected chi connectivity index (χ0v) is 13.4. The van der Waals surface area contributed by atoms with Gasteiger partial charge in [-0.25, -0.2) is 0 Å². The van der Waals surface area contributed by atoms with E-state index < -0.39 is 0 Å². The molecule has 2 nitrogen and oxygen atoms in total. The molecule has 2 saturated carbocycles. The molecule has 19 heavy (non-hydrogen) atoms. The van der Waals surface area contributed by atoms with Crippen molar-refractivity contribution in [3.8, 4) is 0 Å². The molecule has 0 aliphatic heterocycles. The lowest BCUT2D eigenvalue weighted by Crippen LogP contribution is -2.60. The summed E-state index contributed by atoms with van der Waals surface area (Å²) >= 11 is 0. The van der Waals surface area contributed by atoms with Gasteiger partial charge in [-0.3, -0.25) is 0 Å². The summed E-state index contributed by atoms with van der Waals surface area (Å²) in [5.41, 5.74) is 0.427. The van der Waals surface area contributed by atoms with Crippen molar-refractivity contribution >= 4 is 0 Å². The molecule has 1 N–H and O–H groups in total. The van der Waals surface area contributed by atoms with Crippen molar-refractivity contribution in [1.82, 2.24) is 10.2 Å². The number of likely N-dealkylation sites (N-methyl/N-ethyl adjacent to an activating group) is 2. The van der Waals surface area contributed by atoms with E-state index in [1.54, 1.807) is 0 Å². The van der Waals surface area contributed by atoms with E-state index in [1.165, 1.54) is 64.2 Å². The fraction of sp³-hybridized carbons (Fsp3) is 1.00. The molecule has 0 radical (unpaired) electrons. The molecule has 1 atom stereocenters. The maximum absolute atomic E-state index is 3.86. The molecular formula is C17H34N2. The number of nitrogens with one attached hydrogen (secondary N) is 1. The van der Waals surface area contributed by atoms with Crippen LogP contribution in [-0.2, 0) is 0 Å². The highest BCUT2D eigenvalue weighted by molar-refractivity contribution is 5.01. The topological polar surface area (TPSA) is 15.3 Å². The second-order valence-corrected chi connectivity index (χ2v) is 7.06. The minimum atomic E-state index is 0.427.